The van der Waals surface area contributed by atoms with E-state index in [1.807, 2.05) is 24.3 Å². The molecule has 1 saturated heterocycles. The summed E-state index contributed by atoms with van der Waals surface area (Å²) in [6.45, 7) is 4.26. The van der Waals surface area contributed by atoms with E-state index in [0.29, 0.717) is 21.4 Å². The first-order valence-electron chi connectivity index (χ1n) is 8.29. The zero-order chi connectivity index (χ0) is 19.6. The van der Waals surface area contributed by atoms with Crippen molar-refractivity contribution in [2.45, 2.75) is 19.8 Å². The van der Waals surface area contributed by atoms with Crippen molar-refractivity contribution in [1.82, 2.24) is 10.4 Å². The Morgan fingerprint density at radius 3 is 2.37 bits per heavy atom. The van der Waals surface area contributed by atoms with Crippen molar-refractivity contribution in [3.8, 4) is 0 Å². The lowest BCUT2D eigenvalue weighted by molar-refractivity contribution is -0.123. The summed E-state index contributed by atoms with van der Waals surface area (Å²) in [7, 11) is 0. The van der Waals surface area contributed by atoms with Gasteiger partial charge in [0.15, 0.2) is 4.32 Å². The molecule has 1 heterocycles. The summed E-state index contributed by atoms with van der Waals surface area (Å²) in [6.07, 6.45) is 1.78. The topological polar surface area (TPSA) is 49.4 Å². The SMILES string of the molecule is CC(C)c1ccc(/C=C2/SC(=S)N(NC(=O)c3ccc(Cl)cc3)C2=O)cc1. The third-order valence-corrected chi connectivity index (χ3v) is 5.57. The Morgan fingerprint density at radius 1 is 1.15 bits per heavy atom. The Hall–Kier alpha value is -2.15. The highest BCUT2D eigenvalue weighted by atomic mass is 35.5. The zero-order valence-electron chi connectivity index (χ0n) is 14.7. The number of halogens is 1. The maximum absolute atomic E-state index is 12.6. The first-order valence-corrected chi connectivity index (χ1v) is 9.90. The van der Waals surface area contributed by atoms with E-state index in [0.717, 1.165) is 22.3 Å². The van der Waals surface area contributed by atoms with Gasteiger partial charge in [-0.1, -0.05) is 61.5 Å². The van der Waals surface area contributed by atoms with Gasteiger partial charge < -0.3 is 0 Å². The van der Waals surface area contributed by atoms with Crippen LogP contribution in [0.25, 0.3) is 6.08 Å². The van der Waals surface area contributed by atoms with E-state index in [-0.39, 0.29) is 10.2 Å². The lowest BCUT2D eigenvalue weighted by Crippen LogP contribution is -2.44. The minimum absolute atomic E-state index is 0.285. The molecule has 2 aromatic carbocycles. The fourth-order valence-electron chi connectivity index (χ4n) is 2.46. The molecular weight excluding hydrogens is 400 g/mol. The highest BCUT2D eigenvalue weighted by molar-refractivity contribution is 8.26. The summed E-state index contributed by atoms with van der Waals surface area (Å²) in [4.78, 5) is 25.4. The maximum Gasteiger partial charge on any atom is 0.285 e. The average molecular weight is 417 g/mol. The number of benzene rings is 2. The number of nitrogens with one attached hydrogen (secondary N) is 1. The van der Waals surface area contributed by atoms with Gasteiger partial charge in [-0.2, -0.15) is 5.01 Å². The molecule has 1 aliphatic rings. The van der Waals surface area contributed by atoms with Crippen LogP contribution in [0.4, 0.5) is 0 Å². The highest BCUT2D eigenvalue weighted by Gasteiger charge is 2.33. The maximum atomic E-state index is 12.6. The van der Waals surface area contributed by atoms with Gasteiger partial charge in [-0.3, -0.25) is 15.0 Å². The molecule has 1 N–H and O–H groups in total. The zero-order valence-corrected chi connectivity index (χ0v) is 17.1. The van der Waals surface area contributed by atoms with Crippen molar-refractivity contribution in [3.05, 3.63) is 75.1 Å². The molecule has 1 aliphatic heterocycles. The molecule has 138 valence electrons. The van der Waals surface area contributed by atoms with E-state index >= 15 is 0 Å². The predicted molar refractivity (Wildman–Crippen MR) is 114 cm³/mol. The molecule has 0 unspecified atom stereocenters. The smallest absolute Gasteiger partial charge is 0.267 e. The molecule has 0 radical (unpaired) electrons. The van der Waals surface area contributed by atoms with Gasteiger partial charge in [0.25, 0.3) is 11.8 Å². The van der Waals surface area contributed by atoms with Gasteiger partial charge in [0.1, 0.15) is 0 Å². The standard InChI is InChI=1S/C20H17ClN2O2S2/c1-12(2)14-5-3-13(4-6-14)11-17-19(25)23(20(26)27-17)22-18(24)15-7-9-16(21)10-8-15/h3-12H,1-2H3,(H,22,24)/b17-11+. The van der Waals surface area contributed by atoms with Gasteiger partial charge in [-0.05, 0) is 59.6 Å². The monoisotopic (exact) mass is 416 g/mol. The van der Waals surface area contributed by atoms with E-state index in [4.69, 9.17) is 23.8 Å². The lowest BCUT2D eigenvalue weighted by Gasteiger charge is -2.15. The number of amides is 2. The van der Waals surface area contributed by atoms with E-state index in [9.17, 15) is 9.59 Å². The second kappa shape index (κ2) is 8.25. The molecule has 0 spiro atoms. The van der Waals surface area contributed by atoms with Crippen LogP contribution in [-0.4, -0.2) is 21.1 Å². The fraction of sp³-hybridized carbons (Fsp3) is 0.150. The molecule has 7 heteroatoms. The number of thiocarbonyl (C=S) groups is 1. The van der Waals surface area contributed by atoms with Crippen molar-refractivity contribution in [2.75, 3.05) is 0 Å². The number of carbonyl (C=O) groups excluding carboxylic acids is 2. The van der Waals surface area contributed by atoms with Crippen molar-refractivity contribution in [2.24, 2.45) is 0 Å². The van der Waals surface area contributed by atoms with E-state index in [2.05, 4.69) is 19.3 Å². The molecule has 27 heavy (non-hydrogen) atoms. The molecule has 0 saturated carbocycles. The first-order chi connectivity index (χ1) is 12.8. The minimum atomic E-state index is -0.425. The van der Waals surface area contributed by atoms with E-state index in [1.54, 1.807) is 30.3 Å². The predicted octanol–water partition coefficient (Wildman–Crippen LogP) is 5.01. The van der Waals surface area contributed by atoms with Crippen molar-refractivity contribution < 1.29 is 9.59 Å². The molecule has 2 amide bonds. The molecule has 1 fully saturated rings. The number of hydrogen-bond acceptors (Lipinski definition) is 4. The van der Waals surface area contributed by atoms with Crippen molar-refractivity contribution in [1.29, 1.82) is 0 Å². The van der Waals surface area contributed by atoms with Gasteiger partial charge in [0.2, 0.25) is 0 Å². The number of carbonyl (C=O) groups is 2. The van der Waals surface area contributed by atoms with Gasteiger partial charge in [0.05, 0.1) is 4.91 Å². The number of hydrogen-bond donors (Lipinski definition) is 1. The molecule has 3 rings (SSSR count). The molecular formula is C20H17ClN2O2S2. The summed E-state index contributed by atoms with van der Waals surface area (Å²) >= 11 is 12.2. The summed E-state index contributed by atoms with van der Waals surface area (Å²) in [5.41, 5.74) is 5.08. The molecule has 0 aliphatic carbocycles. The summed E-state index contributed by atoms with van der Waals surface area (Å²) < 4.78 is 0.285. The van der Waals surface area contributed by atoms with Crippen LogP contribution in [0.3, 0.4) is 0 Å². The average Bonchev–Trinajstić information content (AvgIpc) is 2.90. The van der Waals surface area contributed by atoms with Crippen LogP contribution in [-0.2, 0) is 4.79 Å². The Bertz CT molecular complexity index is 922. The molecule has 0 atom stereocenters. The van der Waals surface area contributed by atoms with Crippen LogP contribution in [0.15, 0.2) is 53.4 Å². The van der Waals surface area contributed by atoms with Crippen molar-refractivity contribution in [3.63, 3.8) is 0 Å². The second-order valence-electron chi connectivity index (χ2n) is 6.29. The van der Waals surface area contributed by atoms with Gasteiger partial charge in [0, 0.05) is 10.6 Å². The Morgan fingerprint density at radius 2 is 1.78 bits per heavy atom. The van der Waals surface area contributed by atoms with E-state index < -0.39 is 5.91 Å². The fourth-order valence-corrected chi connectivity index (χ4v) is 3.77. The lowest BCUT2D eigenvalue weighted by atomic mass is 10.0. The van der Waals surface area contributed by atoms with Crippen LogP contribution < -0.4 is 5.43 Å². The summed E-state index contributed by atoms with van der Waals surface area (Å²) in [5, 5.41) is 1.63. The normalized spacial score (nSPS) is 15.7. The number of thioether (sulfide) groups is 1. The number of rotatable bonds is 4. The van der Waals surface area contributed by atoms with Crippen LogP contribution in [0.2, 0.25) is 5.02 Å². The van der Waals surface area contributed by atoms with Crippen LogP contribution >= 0.6 is 35.6 Å². The van der Waals surface area contributed by atoms with Crippen molar-refractivity contribution >= 4 is 57.8 Å². The number of hydrazine groups is 1. The largest absolute Gasteiger partial charge is 0.285 e. The van der Waals surface area contributed by atoms with E-state index in [1.165, 1.54) is 5.56 Å². The highest BCUT2D eigenvalue weighted by Crippen LogP contribution is 2.31. The van der Waals surface area contributed by atoms with Gasteiger partial charge >= 0.3 is 0 Å². The quantitative estimate of drug-likeness (QED) is 0.562. The molecule has 0 aromatic heterocycles. The second-order valence-corrected chi connectivity index (χ2v) is 8.40. The Balaban J connectivity index is 1.74. The number of nitrogens with zero attached hydrogens (tertiary/aromatic N) is 1. The van der Waals surface area contributed by atoms with Crippen LogP contribution in [0.5, 0.6) is 0 Å². The molecule has 0 bridgehead atoms. The summed E-state index contributed by atoms with van der Waals surface area (Å²) in [5.74, 6) is -0.328. The van der Waals surface area contributed by atoms with Crippen LogP contribution in [0, 0.1) is 0 Å². The van der Waals surface area contributed by atoms with Gasteiger partial charge in [-0.25, -0.2) is 0 Å². The Kier molecular flexibility index (Phi) is 5.99. The third kappa shape index (κ3) is 4.58. The first kappa shape index (κ1) is 19.6. The Labute approximate surface area is 172 Å². The summed E-state index contributed by atoms with van der Waals surface area (Å²) in [6, 6.07) is 14.4. The minimum Gasteiger partial charge on any atom is -0.267 e. The molecule has 4 nitrogen and oxygen atoms in total. The van der Waals surface area contributed by atoms with Gasteiger partial charge in [-0.15, -0.1) is 0 Å². The third-order valence-electron chi connectivity index (χ3n) is 4.01. The van der Waals surface area contributed by atoms with Crippen LogP contribution in [0.1, 0.15) is 41.3 Å². The molecule has 2 aromatic rings.